The molecule has 0 aliphatic carbocycles. The number of pyridine rings is 1. The number of hydrogen-bond acceptors (Lipinski definition) is 2. The average Bonchev–Trinajstić information content (AvgIpc) is 2.53. The highest BCUT2D eigenvalue weighted by Gasteiger charge is 2.21. The van der Waals surface area contributed by atoms with E-state index in [9.17, 15) is 0 Å². The number of rotatable bonds is 1. The van der Waals surface area contributed by atoms with E-state index in [0.717, 1.165) is 0 Å². The van der Waals surface area contributed by atoms with Gasteiger partial charge in [0.15, 0.2) is 0 Å². The molecule has 1 atom stereocenters. The number of nitrogens with zero attached hydrogens (tertiary/aromatic N) is 3. The summed E-state index contributed by atoms with van der Waals surface area (Å²) >= 11 is 0. The van der Waals surface area contributed by atoms with Crippen LogP contribution in [0.15, 0.2) is 24.5 Å². The first-order valence-corrected chi connectivity index (χ1v) is 4.48. The van der Waals surface area contributed by atoms with Crippen LogP contribution < -0.4 is 6.15 Å². The summed E-state index contributed by atoms with van der Waals surface area (Å²) in [4.78, 5) is 6.54. The van der Waals surface area contributed by atoms with E-state index >= 15 is 0 Å². The van der Waals surface area contributed by atoms with E-state index in [1.165, 1.54) is 24.9 Å². The Labute approximate surface area is 79.4 Å². The monoisotopic (exact) mass is 176 g/mol. The molecule has 2 heterocycles. The van der Waals surface area contributed by atoms with Gasteiger partial charge in [0.1, 0.15) is 0 Å². The van der Waals surface area contributed by atoms with Crippen molar-refractivity contribution < 1.29 is 0 Å². The third-order valence-corrected chi connectivity index (χ3v) is 2.59. The fourth-order valence-electron chi connectivity index (χ4n) is 1.90. The topological polar surface area (TPSA) is 46.6 Å². The molecule has 1 aromatic heterocycles. The predicted octanol–water partition coefficient (Wildman–Crippen LogP) is 1.37. The second kappa shape index (κ2) is 4.35. The Morgan fingerprint density at radius 1 is 1.54 bits per heavy atom. The lowest BCUT2D eigenvalue weighted by atomic mass is 10.1. The van der Waals surface area contributed by atoms with Crippen molar-refractivity contribution in [2.75, 3.05) is 13.6 Å². The summed E-state index contributed by atoms with van der Waals surface area (Å²) in [5.74, 6) is 0. The lowest BCUT2D eigenvalue weighted by Gasteiger charge is -2.18. The van der Waals surface area contributed by atoms with Crippen LogP contribution in [0, 0.1) is 0 Å². The minimum atomic E-state index is 0. The molecule has 1 saturated heterocycles. The van der Waals surface area contributed by atoms with E-state index in [1.807, 2.05) is 18.5 Å². The van der Waals surface area contributed by atoms with Crippen LogP contribution >= 0.6 is 0 Å². The molecule has 0 amide bonds. The second-order valence-corrected chi connectivity index (χ2v) is 3.42. The fraction of sp³-hybridized carbons (Fsp3) is 0.500. The van der Waals surface area contributed by atoms with Gasteiger partial charge in [0.25, 0.3) is 0 Å². The van der Waals surface area contributed by atoms with Crippen LogP contribution in [0.4, 0.5) is 0 Å². The van der Waals surface area contributed by atoms with Gasteiger partial charge in [-0.3, -0.25) is 9.88 Å². The molecule has 69 valence electrons. The Kier molecular flexibility index (Phi) is 3.39. The van der Waals surface area contributed by atoms with Crippen molar-refractivity contribution in [1.82, 2.24) is 16.0 Å². The Bertz CT molecular complexity index is 248. The highest BCUT2D eigenvalue weighted by Crippen LogP contribution is 2.29. The maximum Gasteiger partial charge on any atom is 0.0360 e. The zero-order valence-electron chi connectivity index (χ0n) is 7.85. The first-order chi connectivity index (χ1) is 5.88. The Balaban J connectivity index is 0.000000845. The molecule has 0 bridgehead atoms. The maximum absolute atomic E-state index is 4.14. The van der Waals surface area contributed by atoms with Gasteiger partial charge in [-0.05, 0) is 38.1 Å². The van der Waals surface area contributed by atoms with Crippen molar-refractivity contribution in [3.8, 4) is 0 Å². The van der Waals surface area contributed by atoms with Crippen LogP contribution in [0.2, 0.25) is 0 Å². The van der Waals surface area contributed by atoms with Crippen molar-refractivity contribution in [1.29, 1.82) is 0 Å². The number of aromatic nitrogens is 1. The molecule has 1 aliphatic heterocycles. The first kappa shape index (κ1) is 10.2. The summed E-state index contributed by atoms with van der Waals surface area (Å²) in [6.07, 6.45) is 6.41. The summed E-state index contributed by atoms with van der Waals surface area (Å²) < 4.78 is 0. The summed E-state index contributed by atoms with van der Waals surface area (Å²) in [6, 6.07) is 4.79. The van der Waals surface area contributed by atoms with Gasteiger partial charge in [0.2, 0.25) is 0 Å². The molecule has 3 heteroatoms. The van der Waals surface area contributed by atoms with E-state index in [1.54, 1.807) is 0 Å². The molecule has 1 fully saturated rings. The molecule has 2 rings (SSSR count). The van der Waals surface area contributed by atoms with Crippen LogP contribution in [0.5, 0.6) is 0 Å². The van der Waals surface area contributed by atoms with Crippen molar-refractivity contribution in [3.63, 3.8) is 0 Å². The van der Waals surface area contributed by atoms with Gasteiger partial charge in [-0.2, -0.15) is 0 Å². The third kappa shape index (κ3) is 2.05. The molecule has 3 radical (unpaired) electrons. The quantitative estimate of drug-likeness (QED) is 0.648. The minimum absolute atomic E-state index is 0. The summed E-state index contributed by atoms with van der Waals surface area (Å²) in [5.41, 5.74) is 1.36. The summed E-state index contributed by atoms with van der Waals surface area (Å²) in [5, 5.41) is 0. The van der Waals surface area contributed by atoms with Crippen LogP contribution in [0.25, 0.3) is 0 Å². The second-order valence-electron chi connectivity index (χ2n) is 3.42. The molecule has 0 spiro atoms. The maximum atomic E-state index is 4.14. The van der Waals surface area contributed by atoms with Crippen LogP contribution in [-0.2, 0) is 0 Å². The highest BCUT2D eigenvalue weighted by molar-refractivity contribution is 5.14. The molecule has 1 aliphatic rings. The largest absolute Gasteiger partial charge is 0.299 e. The van der Waals surface area contributed by atoms with E-state index in [-0.39, 0.29) is 6.15 Å². The Morgan fingerprint density at radius 3 is 2.92 bits per heavy atom. The van der Waals surface area contributed by atoms with Gasteiger partial charge in [-0.15, -0.1) is 0 Å². The standard InChI is InChI=1S/C10H14N2.N/c1-12-7-3-5-10(12)9-4-2-6-11-8-9;/h2,4,6,8,10H,3,5,7H2,1H3;. The number of likely N-dealkylation sites (tertiary alicyclic amines) is 1. The van der Waals surface area contributed by atoms with Crippen LogP contribution in [0.1, 0.15) is 24.4 Å². The molecule has 3 nitrogen and oxygen atoms in total. The number of hydrogen-bond donors (Lipinski definition) is 0. The lowest BCUT2D eigenvalue weighted by molar-refractivity contribution is 0.317. The van der Waals surface area contributed by atoms with E-state index in [2.05, 4.69) is 23.0 Å². The molecule has 1 aromatic rings. The fourth-order valence-corrected chi connectivity index (χ4v) is 1.90. The molecule has 0 saturated carbocycles. The minimum Gasteiger partial charge on any atom is -0.299 e. The third-order valence-electron chi connectivity index (χ3n) is 2.59. The van der Waals surface area contributed by atoms with Gasteiger partial charge in [0, 0.05) is 24.6 Å². The van der Waals surface area contributed by atoms with E-state index in [0.29, 0.717) is 6.04 Å². The average molecular weight is 176 g/mol. The smallest absolute Gasteiger partial charge is 0.0360 e. The molecule has 1 unspecified atom stereocenters. The molecular formula is C10H14N3. The summed E-state index contributed by atoms with van der Waals surface area (Å²) in [6.45, 7) is 1.22. The van der Waals surface area contributed by atoms with Gasteiger partial charge in [0.05, 0.1) is 0 Å². The highest BCUT2D eigenvalue weighted by atomic mass is 15.1. The van der Waals surface area contributed by atoms with Crippen molar-refractivity contribution >= 4 is 0 Å². The van der Waals surface area contributed by atoms with Crippen LogP contribution in [0.3, 0.4) is 0 Å². The van der Waals surface area contributed by atoms with Crippen LogP contribution in [-0.4, -0.2) is 23.5 Å². The first-order valence-electron chi connectivity index (χ1n) is 4.48. The lowest BCUT2D eigenvalue weighted by Crippen LogP contribution is -2.17. The summed E-state index contributed by atoms with van der Waals surface area (Å²) in [7, 11) is 2.19. The van der Waals surface area contributed by atoms with Gasteiger partial charge >= 0.3 is 0 Å². The van der Waals surface area contributed by atoms with Gasteiger partial charge < -0.3 is 0 Å². The van der Waals surface area contributed by atoms with Crippen molar-refractivity contribution in [2.24, 2.45) is 0 Å². The Morgan fingerprint density at radius 2 is 2.38 bits per heavy atom. The van der Waals surface area contributed by atoms with Crippen molar-refractivity contribution in [3.05, 3.63) is 30.1 Å². The molecule has 0 N–H and O–H groups in total. The van der Waals surface area contributed by atoms with E-state index in [4.69, 9.17) is 0 Å². The SMILES string of the molecule is CN1CCCC1c1cccnc1.[N]. The van der Waals surface area contributed by atoms with Crippen molar-refractivity contribution in [2.45, 2.75) is 18.9 Å². The predicted molar refractivity (Wildman–Crippen MR) is 51.0 cm³/mol. The zero-order valence-corrected chi connectivity index (χ0v) is 7.85. The van der Waals surface area contributed by atoms with Gasteiger partial charge in [-0.1, -0.05) is 6.07 Å². The zero-order chi connectivity index (χ0) is 8.39. The molecule has 13 heavy (non-hydrogen) atoms. The molecule has 0 aromatic carbocycles. The van der Waals surface area contributed by atoms with Gasteiger partial charge in [-0.25, -0.2) is 0 Å². The van der Waals surface area contributed by atoms with E-state index < -0.39 is 0 Å². The Hall–Kier alpha value is -0.930. The normalized spacial score (nSPS) is 22.7. The molecular weight excluding hydrogens is 162 g/mol.